The fourth-order valence-corrected chi connectivity index (χ4v) is 3.19. The number of ether oxygens (including phenoxy) is 1. The van der Waals surface area contributed by atoms with E-state index in [0.29, 0.717) is 18.2 Å². The molecule has 4 aromatic rings. The maximum absolute atomic E-state index is 12.7. The highest BCUT2D eigenvalue weighted by atomic mass is 35.5. The summed E-state index contributed by atoms with van der Waals surface area (Å²) in [6, 6.07) is 8.00. The van der Waals surface area contributed by atoms with Crippen molar-refractivity contribution < 1.29 is 22.3 Å². The summed E-state index contributed by atoms with van der Waals surface area (Å²) in [6.07, 6.45) is -2.20. The number of aryl methyl sites for hydroxylation is 1. The van der Waals surface area contributed by atoms with E-state index in [4.69, 9.17) is 20.8 Å². The predicted molar refractivity (Wildman–Crippen MR) is 110 cm³/mol. The van der Waals surface area contributed by atoms with E-state index in [1.165, 1.54) is 12.1 Å². The second-order valence-corrected chi connectivity index (χ2v) is 7.02. The van der Waals surface area contributed by atoms with Crippen LogP contribution in [0.1, 0.15) is 18.1 Å². The molecule has 0 aliphatic carbocycles. The molecule has 3 heterocycles. The molecule has 0 aliphatic rings. The van der Waals surface area contributed by atoms with E-state index in [0.717, 1.165) is 34.0 Å². The van der Waals surface area contributed by atoms with Crippen molar-refractivity contribution in [3.8, 4) is 17.3 Å². The zero-order valence-corrected chi connectivity index (χ0v) is 17.1. The van der Waals surface area contributed by atoms with Crippen LogP contribution in [0.25, 0.3) is 16.8 Å². The van der Waals surface area contributed by atoms with Crippen LogP contribution in [-0.4, -0.2) is 14.8 Å². The van der Waals surface area contributed by atoms with Crippen molar-refractivity contribution in [2.75, 3.05) is 0 Å². The normalized spacial score (nSPS) is 11.7. The Morgan fingerprint density at radius 1 is 1.12 bits per heavy atom. The first-order chi connectivity index (χ1) is 15.2. The SMILES string of the molecule is CCc1cc(=O)oc2cc(Oc3cnn(-c4ccc(C(F)(F)F)cn4)c(=O)c3Cl)ccc12. The summed E-state index contributed by atoms with van der Waals surface area (Å²) in [5, 5.41) is 4.27. The number of alkyl halides is 3. The molecule has 4 rings (SSSR count). The van der Waals surface area contributed by atoms with Crippen molar-refractivity contribution in [2.45, 2.75) is 19.5 Å². The summed E-state index contributed by atoms with van der Waals surface area (Å²) in [4.78, 5) is 27.9. The van der Waals surface area contributed by atoms with Crippen molar-refractivity contribution in [3.63, 3.8) is 0 Å². The lowest BCUT2D eigenvalue weighted by molar-refractivity contribution is -0.137. The van der Waals surface area contributed by atoms with Gasteiger partial charge in [0, 0.05) is 23.7 Å². The summed E-state index contributed by atoms with van der Waals surface area (Å²) in [5.41, 5.74) is -1.18. The van der Waals surface area contributed by atoms with Gasteiger partial charge in [0.05, 0.1) is 11.8 Å². The van der Waals surface area contributed by atoms with Crippen LogP contribution in [0.5, 0.6) is 11.5 Å². The third-order valence-electron chi connectivity index (χ3n) is 4.59. The first kappa shape index (κ1) is 21.6. The minimum Gasteiger partial charge on any atom is -0.454 e. The molecule has 0 radical (unpaired) electrons. The van der Waals surface area contributed by atoms with Crippen LogP contribution < -0.4 is 15.9 Å². The molecule has 0 saturated carbocycles. The first-order valence-electron chi connectivity index (χ1n) is 9.23. The number of halogens is 4. The fourth-order valence-electron chi connectivity index (χ4n) is 3.02. The standard InChI is InChI=1S/C21H13ClF3N3O4/c1-2-11-7-18(29)32-15-8-13(4-5-14(11)15)31-16-10-27-28(20(30)19(16)22)17-6-3-12(9-26-17)21(23,24)25/h3-10H,2H2,1H3. The Hall–Kier alpha value is -3.66. The molecular weight excluding hydrogens is 451 g/mol. The molecule has 0 aliphatic heterocycles. The quantitative estimate of drug-likeness (QED) is 0.405. The van der Waals surface area contributed by atoms with Crippen molar-refractivity contribution >= 4 is 22.6 Å². The summed E-state index contributed by atoms with van der Waals surface area (Å²) in [7, 11) is 0. The molecular formula is C21H13ClF3N3O4. The Morgan fingerprint density at radius 3 is 2.56 bits per heavy atom. The zero-order chi connectivity index (χ0) is 23.0. The van der Waals surface area contributed by atoms with Crippen molar-refractivity contribution in [2.24, 2.45) is 0 Å². The lowest BCUT2D eigenvalue weighted by Gasteiger charge is -2.11. The van der Waals surface area contributed by atoms with Crippen LogP contribution in [0.4, 0.5) is 13.2 Å². The third kappa shape index (κ3) is 4.09. The van der Waals surface area contributed by atoms with Gasteiger partial charge in [-0.05, 0) is 36.2 Å². The van der Waals surface area contributed by atoms with Gasteiger partial charge in [0.1, 0.15) is 11.3 Å². The molecule has 0 spiro atoms. The Morgan fingerprint density at radius 2 is 1.91 bits per heavy atom. The number of rotatable bonds is 4. The van der Waals surface area contributed by atoms with E-state index < -0.39 is 22.9 Å². The van der Waals surface area contributed by atoms with Crippen LogP contribution in [0.3, 0.4) is 0 Å². The van der Waals surface area contributed by atoms with Gasteiger partial charge in [-0.25, -0.2) is 9.78 Å². The van der Waals surface area contributed by atoms with E-state index >= 15 is 0 Å². The van der Waals surface area contributed by atoms with E-state index in [2.05, 4.69) is 10.1 Å². The molecule has 0 amide bonds. The number of pyridine rings is 1. The molecule has 3 aromatic heterocycles. The summed E-state index contributed by atoms with van der Waals surface area (Å²) in [6.45, 7) is 1.91. The average molecular weight is 464 g/mol. The van der Waals surface area contributed by atoms with Crippen molar-refractivity contribution in [1.29, 1.82) is 0 Å². The predicted octanol–water partition coefficient (Wildman–Crippen LogP) is 4.76. The van der Waals surface area contributed by atoms with Gasteiger partial charge in [-0.1, -0.05) is 18.5 Å². The van der Waals surface area contributed by atoms with Crippen molar-refractivity contribution in [3.05, 3.63) is 85.7 Å². The van der Waals surface area contributed by atoms with Crippen molar-refractivity contribution in [1.82, 2.24) is 14.8 Å². The number of aromatic nitrogens is 3. The Kier molecular flexibility index (Phi) is 5.47. The second kappa shape index (κ2) is 8.12. The lowest BCUT2D eigenvalue weighted by Crippen LogP contribution is -2.23. The van der Waals surface area contributed by atoms with Gasteiger partial charge < -0.3 is 9.15 Å². The van der Waals surface area contributed by atoms with Crippen LogP contribution >= 0.6 is 11.6 Å². The van der Waals surface area contributed by atoms with E-state index in [9.17, 15) is 22.8 Å². The van der Waals surface area contributed by atoms with Crippen LogP contribution in [0, 0.1) is 0 Å². The third-order valence-corrected chi connectivity index (χ3v) is 4.94. The molecule has 1 aromatic carbocycles. The molecule has 164 valence electrons. The maximum Gasteiger partial charge on any atom is 0.417 e. The molecule has 11 heteroatoms. The molecule has 0 atom stereocenters. The molecule has 32 heavy (non-hydrogen) atoms. The number of nitrogens with zero attached hydrogens (tertiary/aromatic N) is 3. The summed E-state index contributed by atoms with van der Waals surface area (Å²) in [5.74, 6) is 0.00612. The lowest BCUT2D eigenvalue weighted by atomic mass is 10.1. The number of hydrogen-bond donors (Lipinski definition) is 0. The number of hydrogen-bond acceptors (Lipinski definition) is 6. The smallest absolute Gasteiger partial charge is 0.417 e. The summed E-state index contributed by atoms with van der Waals surface area (Å²) < 4.78 is 49.7. The number of fused-ring (bicyclic) bond motifs is 1. The Bertz CT molecular complexity index is 1430. The van der Waals surface area contributed by atoms with Gasteiger partial charge in [-0.2, -0.15) is 23.0 Å². The Balaban J connectivity index is 1.67. The minimum atomic E-state index is -4.56. The summed E-state index contributed by atoms with van der Waals surface area (Å²) >= 11 is 6.11. The van der Waals surface area contributed by atoms with Gasteiger partial charge >= 0.3 is 11.8 Å². The van der Waals surface area contributed by atoms with E-state index in [1.54, 1.807) is 12.1 Å². The topological polar surface area (TPSA) is 87.2 Å². The molecule has 0 fully saturated rings. The first-order valence-corrected chi connectivity index (χ1v) is 9.61. The van der Waals surface area contributed by atoms with E-state index in [1.807, 2.05) is 6.92 Å². The largest absolute Gasteiger partial charge is 0.454 e. The highest BCUT2D eigenvalue weighted by Gasteiger charge is 2.30. The van der Waals surface area contributed by atoms with Gasteiger partial charge in [-0.3, -0.25) is 4.79 Å². The zero-order valence-electron chi connectivity index (χ0n) is 16.3. The maximum atomic E-state index is 12.7. The molecule has 0 unspecified atom stereocenters. The Labute approximate surface area is 182 Å². The van der Waals surface area contributed by atoms with Gasteiger partial charge in [0.25, 0.3) is 5.56 Å². The number of benzene rings is 1. The highest BCUT2D eigenvalue weighted by Crippen LogP contribution is 2.30. The van der Waals surface area contributed by atoms with E-state index in [-0.39, 0.29) is 22.3 Å². The average Bonchev–Trinajstić information content (AvgIpc) is 2.75. The highest BCUT2D eigenvalue weighted by molar-refractivity contribution is 6.31. The van der Waals surface area contributed by atoms with Gasteiger partial charge in [-0.15, -0.1) is 0 Å². The fraction of sp³-hybridized carbons (Fsp3) is 0.143. The van der Waals surface area contributed by atoms with Crippen LogP contribution in [0.15, 0.2) is 62.8 Å². The van der Waals surface area contributed by atoms with Crippen LogP contribution in [0.2, 0.25) is 5.02 Å². The van der Waals surface area contributed by atoms with Gasteiger partial charge in [0.2, 0.25) is 0 Å². The molecule has 7 nitrogen and oxygen atoms in total. The monoisotopic (exact) mass is 463 g/mol. The van der Waals surface area contributed by atoms with Crippen LogP contribution in [-0.2, 0) is 12.6 Å². The second-order valence-electron chi connectivity index (χ2n) is 6.65. The molecule has 0 bridgehead atoms. The minimum absolute atomic E-state index is 0.0897. The van der Waals surface area contributed by atoms with Gasteiger partial charge in [0.15, 0.2) is 16.6 Å². The molecule has 0 N–H and O–H groups in total. The molecule has 0 saturated heterocycles.